The van der Waals surface area contributed by atoms with Gasteiger partial charge < -0.3 is 4.90 Å². The second kappa shape index (κ2) is 5.02. The van der Waals surface area contributed by atoms with Crippen molar-refractivity contribution >= 4 is 5.82 Å². The quantitative estimate of drug-likeness (QED) is 0.828. The number of halogens is 1. The molecule has 0 saturated carbocycles. The minimum atomic E-state index is -0.378. The molecule has 1 aromatic heterocycles. The highest BCUT2D eigenvalue weighted by atomic mass is 19.1. The Bertz CT molecular complexity index is 659. The molecule has 0 aliphatic rings. The highest BCUT2D eigenvalue weighted by Crippen LogP contribution is 2.24. The lowest BCUT2D eigenvalue weighted by atomic mass is 10.1. The number of rotatable bonds is 2. The number of nitriles is 1. The highest BCUT2D eigenvalue weighted by Gasteiger charge is 2.15. The summed E-state index contributed by atoms with van der Waals surface area (Å²) >= 11 is 0. The van der Waals surface area contributed by atoms with E-state index in [-0.39, 0.29) is 5.82 Å². The van der Waals surface area contributed by atoms with Crippen LogP contribution in [0, 0.1) is 24.1 Å². The fourth-order valence-corrected chi connectivity index (χ4v) is 1.78. The van der Waals surface area contributed by atoms with Crippen molar-refractivity contribution in [1.29, 1.82) is 5.26 Å². The Hall–Kier alpha value is -2.48. The van der Waals surface area contributed by atoms with Gasteiger partial charge >= 0.3 is 0 Å². The molecular formula is C14H13FN4. The van der Waals surface area contributed by atoms with Gasteiger partial charge in [-0.2, -0.15) is 5.26 Å². The van der Waals surface area contributed by atoms with Gasteiger partial charge in [0, 0.05) is 14.1 Å². The zero-order chi connectivity index (χ0) is 14.0. The molecule has 2 aromatic rings. The summed E-state index contributed by atoms with van der Waals surface area (Å²) in [5.41, 5.74) is 1.28. The van der Waals surface area contributed by atoms with Crippen LogP contribution in [0.3, 0.4) is 0 Å². The van der Waals surface area contributed by atoms with E-state index in [1.165, 1.54) is 6.07 Å². The van der Waals surface area contributed by atoms with Gasteiger partial charge in [0.1, 0.15) is 23.3 Å². The van der Waals surface area contributed by atoms with E-state index in [9.17, 15) is 4.39 Å². The van der Waals surface area contributed by atoms with Crippen LogP contribution < -0.4 is 4.90 Å². The molecule has 0 unspecified atom stereocenters. The molecule has 2 rings (SSSR count). The number of benzene rings is 1. The molecule has 0 saturated heterocycles. The lowest BCUT2D eigenvalue weighted by molar-refractivity contribution is 0.630. The SMILES string of the molecule is Cc1nc(-c2ccccc2F)nc(N(C)C)c1C#N. The summed E-state index contributed by atoms with van der Waals surface area (Å²) in [5, 5.41) is 9.13. The summed E-state index contributed by atoms with van der Waals surface area (Å²) in [7, 11) is 3.57. The van der Waals surface area contributed by atoms with Crippen molar-refractivity contribution in [2.75, 3.05) is 19.0 Å². The molecule has 5 heteroatoms. The molecule has 0 aliphatic carbocycles. The zero-order valence-electron chi connectivity index (χ0n) is 11.0. The van der Waals surface area contributed by atoms with Gasteiger partial charge in [-0.25, -0.2) is 14.4 Å². The molecule has 0 amide bonds. The Morgan fingerprint density at radius 1 is 1.21 bits per heavy atom. The molecule has 0 atom stereocenters. The van der Waals surface area contributed by atoms with Crippen LogP contribution >= 0.6 is 0 Å². The molecule has 4 nitrogen and oxygen atoms in total. The van der Waals surface area contributed by atoms with Gasteiger partial charge in [-0.1, -0.05) is 12.1 Å². The van der Waals surface area contributed by atoms with Crippen LogP contribution in [0.4, 0.5) is 10.2 Å². The summed E-state index contributed by atoms with van der Waals surface area (Å²) in [6, 6.07) is 8.40. The third-order valence-corrected chi connectivity index (χ3v) is 2.72. The van der Waals surface area contributed by atoms with Crippen molar-refractivity contribution in [3.63, 3.8) is 0 Å². The maximum absolute atomic E-state index is 13.8. The van der Waals surface area contributed by atoms with Crippen LogP contribution in [0.15, 0.2) is 24.3 Å². The van der Waals surface area contributed by atoms with E-state index in [4.69, 9.17) is 5.26 Å². The molecule has 0 bridgehead atoms. The lowest BCUT2D eigenvalue weighted by Gasteiger charge is -2.15. The van der Waals surface area contributed by atoms with Crippen molar-refractivity contribution in [3.05, 3.63) is 41.3 Å². The second-order valence-electron chi connectivity index (χ2n) is 4.32. The molecule has 0 radical (unpaired) electrons. The van der Waals surface area contributed by atoms with Gasteiger partial charge in [0.05, 0.1) is 11.3 Å². The molecule has 0 fully saturated rings. The normalized spacial score (nSPS) is 10.1. The van der Waals surface area contributed by atoms with E-state index in [1.807, 2.05) is 0 Å². The van der Waals surface area contributed by atoms with Crippen LogP contribution in [0.2, 0.25) is 0 Å². The number of hydrogen-bond acceptors (Lipinski definition) is 4. The Morgan fingerprint density at radius 3 is 2.47 bits per heavy atom. The molecule has 1 heterocycles. The molecular weight excluding hydrogens is 243 g/mol. The lowest BCUT2D eigenvalue weighted by Crippen LogP contribution is -2.15. The summed E-state index contributed by atoms with van der Waals surface area (Å²) in [6.07, 6.45) is 0. The molecule has 0 N–H and O–H groups in total. The average molecular weight is 256 g/mol. The smallest absolute Gasteiger partial charge is 0.164 e. The minimum Gasteiger partial charge on any atom is -0.362 e. The number of aromatic nitrogens is 2. The van der Waals surface area contributed by atoms with Crippen LogP contribution in [0.5, 0.6) is 0 Å². The first-order valence-electron chi connectivity index (χ1n) is 5.75. The molecule has 1 aromatic carbocycles. The predicted octanol–water partition coefficient (Wildman–Crippen LogP) is 2.53. The first kappa shape index (κ1) is 13.0. The van der Waals surface area contributed by atoms with Crippen molar-refractivity contribution in [2.24, 2.45) is 0 Å². The maximum atomic E-state index is 13.8. The van der Waals surface area contributed by atoms with Crippen molar-refractivity contribution in [2.45, 2.75) is 6.92 Å². The van der Waals surface area contributed by atoms with Crippen molar-refractivity contribution in [1.82, 2.24) is 9.97 Å². The number of aryl methyl sites for hydroxylation is 1. The maximum Gasteiger partial charge on any atom is 0.164 e. The van der Waals surface area contributed by atoms with E-state index in [1.54, 1.807) is 44.1 Å². The number of nitrogens with zero attached hydrogens (tertiary/aromatic N) is 4. The van der Waals surface area contributed by atoms with E-state index in [2.05, 4.69) is 16.0 Å². The largest absolute Gasteiger partial charge is 0.362 e. The van der Waals surface area contributed by atoms with E-state index >= 15 is 0 Å². The van der Waals surface area contributed by atoms with Gasteiger partial charge in [-0.3, -0.25) is 0 Å². The van der Waals surface area contributed by atoms with Gasteiger partial charge in [0.2, 0.25) is 0 Å². The molecule has 19 heavy (non-hydrogen) atoms. The third kappa shape index (κ3) is 2.38. The van der Waals surface area contributed by atoms with Crippen LogP contribution in [-0.4, -0.2) is 24.1 Å². The monoisotopic (exact) mass is 256 g/mol. The van der Waals surface area contributed by atoms with Crippen molar-refractivity contribution < 1.29 is 4.39 Å². The molecule has 0 aliphatic heterocycles. The predicted molar refractivity (Wildman–Crippen MR) is 71.2 cm³/mol. The summed E-state index contributed by atoms with van der Waals surface area (Å²) in [6.45, 7) is 1.72. The average Bonchev–Trinajstić information content (AvgIpc) is 2.38. The van der Waals surface area contributed by atoms with Crippen LogP contribution in [-0.2, 0) is 0 Å². The first-order valence-corrected chi connectivity index (χ1v) is 5.75. The van der Waals surface area contributed by atoms with Gasteiger partial charge in [0.15, 0.2) is 5.82 Å². The molecule has 0 spiro atoms. The fraction of sp³-hybridized carbons (Fsp3) is 0.214. The first-order chi connectivity index (χ1) is 9.04. The van der Waals surface area contributed by atoms with E-state index in [0.29, 0.717) is 28.5 Å². The number of anilines is 1. The zero-order valence-corrected chi connectivity index (χ0v) is 11.0. The minimum absolute atomic E-state index is 0.290. The van der Waals surface area contributed by atoms with Gasteiger partial charge in [0.25, 0.3) is 0 Å². The van der Waals surface area contributed by atoms with Gasteiger partial charge in [-0.15, -0.1) is 0 Å². The van der Waals surface area contributed by atoms with Crippen LogP contribution in [0.25, 0.3) is 11.4 Å². The topological polar surface area (TPSA) is 52.8 Å². The standard InChI is InChI=1S/C14H13FN4/c1-9-11(8-16)14(19(2)3)18-13(17-9)10-6-4-5-7-12(10)15/h4-7H,1-3H3. The second-order valence-corrected chi connectivity index (χ2v) is 4.32. The van der Waals surface area contributed by atoms with Gasteiger partial charge in [-0.05, 0) is 19.1 Å². The van der Waals surface area contributed by atoms with E-state index < -0.39 is 0 Å². The fourth-order valence-electron chi connectivity index (χ4n) is 1.78. The Balaban J connectivity index is 2.68. The van der Waals surface area contributed by atoms with E-state index in [0.717, 1.165) is 0 Å². The Kier molecular flexibility index (Phi) is 3.43. The van der Waals surface area contributed by atoms with Crippen molar-refractivity contribution in [3.8, 4) is 17.5 Å². The summed E-state index contributed by atoms with van der Waals surface area (Å²) in [4.78, 5) is 10.2. The van der Waals surface area contributed by atoms with Crippen LogP contribution in [0.1, 0.15) is 11.3 Å². The Labute approximate surface area is 111 Å². The number of hydrogen-bond donors (Lipinski definition) is 0. The summed E-state index contributed by atoms with van der Waals surface area (Å²) < 4.78 is 13.8. The highest BCUT2D eigenvalue weighted by molar-refractivity contribution is 5.63. The third-order valence-electron chi connectivity index (χ3n) is 2.72. The molecule has 96 valence electrons. The Morgan fingerprint density at radius 2 is 1.89 bits per heavy atom. The summed E-state index contributed by atoms with van der Waals surface area (Å²) in [5.74, 6) is 0.405.